The lowest BCUT2D eigenvalue weighted by Gasteiger charge is -2.12. The molecule has 1 unspecified atom stereocenters. The van der Waals surface area contributed by atoms with Crippen molar-refractivity contribution in [3.63, 3.8) is 0 Å². The Balaban J connectivity index is 3.16. The van der Waals surface area contributed by atoms with Crippen LogP contribution in [0.25, 0.3) is 0 Å². The third-order valence-corrected chi connectivity index (χ3v) is 2.61. The average Bonchev–Trinajstić information content (AvgIpc) is 2.16. The smallest absolute Gasteiger partial charge is 0.179 e. The normalized spacial score (nSPS) is 12.9. The number of rotatable bonds is 3. The van der Waals surface area contributed by atoms with Crippen molar-refractivity contribution in [3.05, 3.63) is 34.9 Å². The first-order chi connectivity index (χ1) is 6.93. The molecule has 0 aliphatic carbocycles. The molecule has 0 bridgehead atoms. The SMILES string of the molecule is Cc1ccc(C(C)C)cc1C(=O)C(C)N. The van der Waals surface area contributed by atoms with E-state index in [2.05, 4.69) is 19.9 Å². The lowest BCUT2D eigenvalue weighted by molar-refractivity contribution is 0.0967. The Kier molecular flexibility index (Phi) is 3.64. The quantitative estimate of drug-likeness (QED) is 0.771. The van der Waals surface area contributed by atoms with E-state index in [4.69, 9.17) is 5.73 Å². The predicted molar refractivity (Wildman–Crippen MR) is 63.2 cm³/mol. The van der Waals surface area contributed by atoms with Gasteiger partial charge in [-0.3, -0.25) is 4.79 Å². The molecule has 1 aromatic rings. The molecule has 0 aliphatic heterocycles. The number of carbonyl (C=O) groups is 1. The number of carbonyl (C=O) groups excluding carboxylic acids is 1. The summed E-state index contributed by atoms with van der Waals surface area (Å²) in [5.74, 6) is 0.459. The van der Waals surface area contributed by atoms with E-state index in [0.29, 0.717) is 5.92 Å². The highest BCUT2D eigenvalue weighted by Gasteiger charge is 2.14. The van der Waals surface area contributed by atoms with Gasteiger partial charge < -0.3 is 5.73 Å². The van der Waals surface area contributed by atoms with Crippen molar-refractivity contribution in [2.45, 2.75) is 39.7 Å². The minimum Gasteiger partial charge on any atom is -0.321 e. The molecule has 0 saturated heterocycles. The molecule has 0 spiro atoms. The second kappa shape index (κ2) is 4.58. The van der Waals surface area contributed by atoms with Crippen LogP contribution in [-0.4, -0.2) is 11.8 Å². The summed E-state index contributed by atoms with van der Waals surface area (Å²) < 4.78 is 0. The Morgan fingerprint density at radius 3 is 2.33 bits per heavy atom. The van der Waals surface area contributed by atoms with Crippen molar-refractivity contribution in [2.75, 3.05) is 0 Å². The van der Waals surface area contributed by atoms with E-state index in [0.717, 1.165) is 11.1 Å². The first-order valence-corrected chi connectivity index (χ1v) is 5.33. The standard InChI is InChI=1S/C13H19NO/c1-8(2)11-6-5-9(3)12(7-11)13(15)10(4)14/h5-8,10H,14H2,1-4H3. The van der Waals surface area contributed by atoms with Crippen LogP contribution in [0.4, 0.5) is 0 Å². The summed E-state index contributed by atoms with van der Waals surface area (Å²) in [6, 6.07) is 5.60. The largest absolute Gasteiger partial charge is 0.321 e. The molecule has 0 saturated carbocycles. The molecule has 2 heteroatoms. The summed E-state index contributed by atoms with van der Waals surface area (Å²) in [6.07, 6.45) is 0. The van der Waals surface area contributed by atoms with Crippen molar-refractivity contribution in [1.29, 1.82) is 0 Å². The highest BCUT2D eigenvalue weighted by molar-refractivity contribution is 6.01. The lowest BCUT2D eigenvalue weighted by Crippen LogP contribution is -2.27. The van der Waals surface area contributed by atoms with Crippen LogP contribution in [0, 0.1) is 6.92 Å². The van der Waals surface area contributed by atoms with Crippen molar-refractivity contribution < 1.29 is 4.79 Å². The number of Topliss-reactive ketones (excluding diaryl/α,β-unsaturated/α-hetero) is 1. The van der Waals surface area contributed by atoms with Crippen molar-refractivity contribution in [1.82, 2.24) is 0 Å². The molecule has 0 radical (unpaired) electrons. The van der Waals surface area contributed by atoms with Crippen LogP contribution in [0.3, 0.4) is 0 Å². The Morgan fingerprint density at radius 1 is 1.27 bits per heavy atom. The Hall–Kier alpha value is -1.15. The van der Waals surface area contributed by atoms with Gasteiger partial charge in [0.15, 0.2) is 5.78 Å². The fourth-order valence-corrected chi connectivity index (χ4v) is 1.51. The van der Waals surface area contributed by atoms with Crippen LogP contribution >= 0.6 is 0 Å². The van der Waals surface area contributed by atoms with Gasteiger partial charge >= 0.3 is 0 Å². The number of aryl methyl sites for hydroxylation is 1. The molecule has 2 nitrogen and oxygen atoms in total. The molecule has 0 fully saturated rings. The summed E-state index contributed by atoms with van der Waals surface area (Å²) in [4.78, 5) is 11.8. The minimum atomic E-state index is -0.425. The van der Waals surface area contributed by atoms with Crippen LogP contribution in [0.15, 0.2) is 18.2 Å². The number of benzene rings is 1. The Labute approximate surface area is 91.5 Å². The zero-order valence-corrected chi connectivity index (χ0v) is 9.87. The third-order valence-electron chi connectivity index (χ3n) is 2.61. The van der Waals surface area contributed by atoms with Gasteiger partial charge in [0.1, 0.15) is 0 Å². The van der Waals surface area contributed by atoms with Crippen LogP contribution < -0.4 is 5.73 Å². The zero-order valence-electron chi connectivity index (χ0n) is 9.87. The summed E-state index contributed by atoms with van der Waals surface area (Å²) in [5, 5.41) is 0. The third kappa shape index (κ3) is 2.66. The van der Waals surface area contributed by atoms with E-state index < -0.39 is 6.04 Å². The van der Waals surface area contributed by atoms with Crippen molar-refractivity contribution in [2.24, 2.45) is 5.73 Å². The molecule has 1 atom stereocenters. The van der Waals surface area contributed by atoms with Gasteiger partial charge in [-0.1, -0.05) is 26.0 Å². The van der Waals surface area contributed by atoms with Gasteiger partial charge in [-0.2, -0.15) is 0 Å². The van der Waals surface area contributed by atoms with Gasteiger partial charge in [0.25, 0.3) is 0 Å². The topological polar surface area (TPSA) is 43.1 Å². The summed E-state index contributed by atoms with van der Waals surface area (Å²) in [7, 11) is 0. The molecule has 15 heavy (non-hydrogen) atoms. The van der Waals surface area contributed by atoms with E-state index in [1.807, 2.05) is 19.1 Å². The van der Waals surface area contributed by atoms with Crippen molar-refractivity contribution >= 4 is 5.78 Å². The number of nitrogens with two attached hydrogens (primary N) is 1. The highest BCUT2D eigenvalue weighted by atomic mass is 16.1. The van der Waals surface area contributed by atoms with Crippen LogP contribution in [0.2, 0.25) is 0 Å². The van der Waals surface area contributed by atoms with Gasteiger partial charge in [-0.05, 0) is 37.0 Å². The molecular formula is C13H19NO. The number of hydrogen-bond donors (Lipinski definition) is 1. The number of hydrogen-bond acceptors (Lipinski definition) is 2. The Morgan fingerprint density at radius 2 is 1.87 bits per heavy atom. The van der Waals surface area contributed by atoms with Crippen molar-refractivity contribution in [3.8, 4) is 0 Å². The van der Waals surface area contributed by atoms with Gasteiger partial charge in [-0.25, -0.2) is 0 Å². The molecule has 1 aromatic carbocycles. The summed E-state index contributed by atoms with van der Waals surface area (Å²) in [6.45, 7) is 7.90. The lowest BCUT2D eigenvalue weighted by atomic mass is 9.94. The first kappa shape index (κ1) is 11.9. The van der Waals surface area contributed by atoms with Gasteiger partial charge in [-0.15, -0.1) is 0 Å². The fraction of sp³-hybridized carbons (Fsp3) is 0.462. The predicted octanol–water partition coefficient (Wildman–Crippen LogP) is 2.65. The van der Waals surface area contributed by atoms with E-state index in [-0.39, 0.29) is 5.78 Å². The molecule has 0 heterocycles. The minimum absolute atomic E-state index is 0.0231. The van der Waals surface area contributed by atoms with Gasteiger partial charge in [0.2, 0.25) is 0 Å². The second-order valence-corrected chi connectivity index (χ2v) is 4.38. The molecular weight excluding hydrogens is 186 g/mol. The fourth-order valence-electron chi connectivity index (χ4n) is 1.51. The molecule has 0 amide bonds. The Bertz CT molecular complexity index is 367. The van der Waals surface area contributed by atoms with E-state index in [9.17, 15) is 4.79 Å². The first-order valence-electron chi connectivity index (χ1n) is 5.33. The molecule has 82 valence electrons. The average molecular weight is 205 g/mol. The molecule has 1 rings (SSSR count). The van der Waals surface area contributed by atoms with Crippen LogP contribution in [0.1, 0.15) is 48.2 Å². The number of ketones is 1. The maximum Gasteiger partial charge on any atom is 0.179 e. The van der Waals surface area contributed by atoms with E-state index in [1.54, 1.807) is 6.92 Å². The van der Waals surface area contributed by atoms with Gasteiger partial charge in [0, 0.05) is 5.56 Å². The molecule has 2 N–H and O–H groups in total. The monoisotopic (exact) mass is 205 g/mol. The maximum absolute atomic E-state index is 11.8. The maximum atomic E-state index is 11.8. The summed E-state index contributed by atoms with van der Waals surface area (Å²) in [5.41, 5.74) is 8.56. The molecule has 0 aliphatic rings. The van der Waals surface area contributed by atoms with E-state index in [1.165, 1.54) is 5.56 Å². The van der Waals surface area contributed by atoms with E-state index >= 15 is 0 Å². The zero-order chi connectivity index (χ0) is 11.6. The van der Waals surface area contributed by atoms with Crippen LogP contribution in [-0.2, 0) is 0 Å². The molecule has 0 aromatic heterocycles. The van der Waals surface area contributed by atoms with Crippen LogP contribution in [0.5, 0.6) is 0 Å². The second-order valence-electron chi connectivity index (χ2n) is 4.38. The summed E-state index contributed by atoms with van der Waals surface area (Å²) >= 11 is 0. The van der Waals surface area contributed by atoms with Gasteiger partial charge in [0.05, 0.1) is 6.04 Å². The highest BCUT2D eigenvalue weighted by Crippen LogP contribution is 2.19.